The number of fused-ring (bicyclic) bond motifs is 1. The minimum atomic E-state index is -0.610. The van der Waals surface area contributed by atoms with Gasteiger partial charge in [0.2, 0.25) is 0 Å². The first-order chi connectivity index (χ1) is 10.9. The number of ether oxygens (including phenoxy) is 2. The first kappa shape index (κ1) is 13.8. The first-order valence-corrected chi connectivity index (χ1v) is 9.43. The molecule has 0 saturated carbocycles. The lowest BCUT2D eigenvalue weighted by Crippen LogP contribution is -2.23. The van der Waals surface area contributed by atoms with Gasteiger partial charge in [-0.05, 0) is 10.6 Å². The Labute approximate surface area is 135 Å². The summed E-state index contributed by atoms with van der Waals surface area (Å²) >= 11 is 1.74. The molecule has 0 radical (unpaired) electrons. The SMILES string of the molecule is c1ccc(P(c2ccccc2)c2scc3c2OCCO3)cc1. The van der Waals surface area contributed by atoms with E-state index in [2.05, 4.69) is 66.0 Å². The van der Waals surface area contributed by atoms with Crippen molar-refractivity contribution in [3.8, 4) is 11.5 Å². The monoisotopic (exact) mass is 326 g/mol. The Balaban J connectivity index is 1.86. The molecule has 110 valence electrons. The molecule has 0 spiro atoms. The fraction of sp³-hybridized carbons (Fsp3) is 0.111. The van der Waals surface area contributed by atoms with E-state index >= 15 is 0 Å². The van der Waals surface area contributed by atoms with Gasteiger partial charge in [0.15, 0.2) is 11.5 Å². The molecule has 1 aliphatic rings. The molecule has 0 saturated heterocycles. The summed E-state index contributed by atoms with van der Waals surface area (Å²) in [6.07, 6.45) is 0. The molecule has 0 amide bonds. The van der Waals surface area contributed by atoms with Crippen LogP contribution in [0.4, 0.5) is 0 Å². The van der Waals surface area contributed by atoms with Gasteiger partial charge in [0.05, 0.1) is 4.62 Å². The second-order valence-corrected chi connectivity index (χ2v) is 8.27. The summed E-state index contributed by atoms with van der Waals surface area (Å²) in [5.74, 6) is 1.83. The molecular weight excluding hydrogens is 311 g/mol. The Kier molecular flexibility index (Phi) is 3.84. The molecule has 0 N–H and O–H groups in total. The zero-order valence-corrected chi connectivity index (χ0v) is 13.6. The average molecular weight is 326 g/mol. The highest BCUT2D eigenvalue weighted by Crippen LogP contribution is 2.44. The second kappa shape index (κ2) is 6.12. The van der Waals surface area contributed by atoms with Gasteiger partial charge in [-0.25, -0.2) is 0 Å². The predicted octanol–water partition coefficient (Wildman–Crippen LogP) is 3.28. The fourth-order valence-electron chi connectivity index (χ4n) is 2.54. The third-order valence-corrected chi connectivity index (χ3v) is 7.36. The third kappa shape index (κ3) is 2.51. The van der Waals surface area contributed by atoms with Crippen molar-refractivity contribution in [2.45, 2.75) is 0 Å². The van der Waals surface area contributed by atoms with Crippen LogP contribution in [0.1, 0.15) is 0 Å². The minimum absolute atomic E-state index is 0.610. The largest absolute Gasteiger partial charge is 0.485 e. The van der Waals surface area contributed by atoms with Crippen LogP contribution >= 0.6 is 19.3 Å². The van der Waals surface area contributed by atoms with Crippen LogP contribution in [0, 0.1) is 0 Å². The highest BCUT2D eigenvalue weighted by Gasteiger charge is 2.27. The van der Waals surface area contributed by atoms with Crippen LogP contribution in [0.2, 0.25) is 0 Å². The molecule has 2 aromatic carbocycles. The lowest BCUT2D eigenvalue weighted by molar-refractivity contribution is 0.175. The predicted molar refractivity (Wildman–Crippen MR) is 94.0 cm³/mol. The summed E-state index contributed by atoms with van der Waals surface area (Å²) in [4.78, 5) is 0. The van der Waals surface area contributed by atoms with E-state index in [0.29, 0.717) is 13.2 Å². The van der Waals surface area contributed by atoms with Crippen molar-refractivity contribution in [1.82, 2.24) is 0 Å². The molecule has 4 rings (SSSR count). The maximum absolute atomic E-state index is 5.92. The van der Waals surface area contributed by atoms with Gasteiger partial charge >= 0.3 is 0 Å². The standard InChI is InChI=1S/C18H15O2PS/c1-3-7-14(8-4-1)21(15-9-5-2-6-10-15)18-17-16(13-22-18)19-11-12-20-17/h1-10,13H,11-12H2. The molecule has 0 bridgehead atoms. The molecule has 0 atom stereocenters. The van der Waals surface area contributed by atoms with Crippen molar-refractivity contribution in [3.63, 3.8) is 0 Å². The van der Waals surface area contributed by atoms with Crippen LogP contribution < -0.4 is 24.7 Å². The Morgan fingerprint density at radius 1 is 0.773 bits per heavy atom. The van der Waals surface area contributed by atoms with Crippen molar-refractivity contribution in [1.29, 1.82) is 0 Å². The summed E-state index contributed by atoms with van der Waals surface area (Å²) in [7, 11) is -0.610. The summed E-state index contributed by atoms with van der Waals surface area (Å²) in [6, 6.07) is 21.3. The van der Waals surface area contributed by atoms with Gasteiger partial charge in [-0.3, -0.25) is 0 Å². The van der Waals surface area contributed by atoms with Crippen LogP contribution in [-0.4, -0.2) is 13.2 Å². The van der Waals surface area contributed by atoms with E-state index in [0.717, 1.165) is 11.5 Å². The highest BCUT2D eigenvalue weighted by atomic mass is 32.1. The molecule has 0 aliphatic carbocycles. The summed E-state index contributed by atoms with van der Waals surface area (Å²) in [5, 5.41) is 4.75. The highest BCUT2D eigenvalue weighted by molar-refractivity contribution is 7.84. The molecule has 0 fully saturated rings. The second-order valence-electron chi connectivity index (χ2n) is 4.94. The van der Waals surface area contributed by atoms with E-state index in [-0.39, 0.29) is 0 Å². The van der Waals surface area contributed by atoms with Gasteiger partial charge in [-0.15, -0.1) is 11.3 Å². The average Bonchev–Trinajstić information content (AvgIpc) is 3.01. The van der Waals surface area contributed by atoms with Crippen LogP contribution in [0.25, 0.3) is 0 Å². The molecular formula is C18H15O2PS. The lowest BCUT2D eigenvalue weighted by Gasteiger charge is -2.21. The number of thiophene rings is 1. The van der Waals surface area contributed by atoms with E-state index < -0.39 is 7.92 Å². The van der Waals surface area contributed by atoms with Crippen LogP contribution in [0.15, 0.2) is 66.0 Å². The van der Waals surface area contributed by atoms with E-state index in [1.807, 2.05) is 0 Å². The zero-order chi connectivity index (χ0) is 14.8. The minimum Gasteiger partial charge on any atom is -0.485 e. The van der Waals surface area contributed by atoms with E-state index in [1.54, 1.807) is 11.3 Å². The number of hydrogen-bond donors (Lipinski definition) is 0. The molecule has 2 heterocycles. The summed E-state index contributed by atoms with van der Waals surface area (Å²) in [6.45, 7) is 1.27. The Hall–Kier alpha value is -1.83. The topological polar surface area (TPSA) is 18.5 Å². The quantitative estimate of drug-likeness (QED) is 0.688. The van der Waals surface area contributed by atoms with Crippen molar-refractivity contribution < 1.29 is 9.47 Å². The number of benzene rings is 2. The molecule has 22 heavy (non-hydrogen) atoms. The fourth-order valence-corrected chi connectivity index (χ4v) is 6.50. The Morgan fingerprint density at radius 3 is 2.00 bits per heavy atom. The summed E-state index contributed by atoms with van der Waals surface area (Å²) < 4.78 is 12.9. The number of rotatable bonds is 3. The Morgan fingerprint density at radius 2 is 1.36 bits per heavy atom. The first-order valence-electron chi connectivity index (χ1n) is 7.21. The number of hydrogen-bond acceptors (Lipinski definition) is 3. The van der Waals surface area contributed by atoms with Crippen LogP contribution in [0.5, 0.6) is 11.5 Å². The summed E-state index contributed by atoms with van der Waals surface area (Å²) in [5.41, 5.74) is 0. The zero-order valence-electron chi connectivity index (χ0n) is 11.9. The molecule has 1 aromatic heterocycles. The third-order valence-electron chi connectivity index (χ3n) is 3.51. The Bertz CT molecular complexity index is 716. The van der Waals surface area contributed by atoms with Gasteiger partial charge in [0, 0.05) is 13.3 Å². The molecule has 1 aliphatic heterocycles. The molecule has 2 nitrogen and oxygen atoms in total. The van der Waals surface area contributed by atoms with Crippen LogP contribution in [0.3, 0.4) is 0 Å². The van der Waals surface area contributed by atoms with Crippen molar-refractivity contribution in [2.75, 3.05) is 13.2 Å². The van der Waals surface area contributed by atoms with Gasteiger partial charge < -0.3 is 9.47 Å². The smallest absolute Gasteiger partial charge is 0.180 e. The maximum atomic E-state index is 5.92. The van der Waals surface area contributed by atoms with Crippen molar-refractivity contribution in [3.05, 3.63) is 66.0 Å². The van der Waals surface area contributed by atoms with Gasteiger partial charge in [-0.1, -0.05) is 60.7 Å². The lowest BCUT2D eigenvalue weighted by atomic mass is 10.4. The van der Waals surface area contributed by atoms with Crippen LogP contribution in [-0.2, 0) is 0 Å². The van der Waals surface area contributed by atoms with E-state index in [4.69, 9.17) is 9.47 Å². The van der Waals surface area contributed by atoms with Crippen molar-refractivity contribution >= 4 is 34.5 Å². The maximum Gasteiger partial charge on any atom is 0.180 e. The molecule has 0 unspecified atom stereocenters. The van der Waals surface area contributed by atoms with Gasteiger partial charge in [-0.2, -0.15) is 0 Å². The van der Waals surface area contributed by atoms with Gasteiger partial charge in [0.25, 0.3) is 0 Å². The van der Waals surface area contributed by atoms with E-state index in [9.17, 15) is 0 Å². The van der Waals surface area contributed by atoms with E-state index in [1.165, 1.54) is 15.2 Å². The molecule has 3 aromatic rings. The normalized spacial score (nSPS) is 13.3. The van der Waals surface area contributed by atoms with Crippen molar-refractivity contribution in [2.24, 2.45) is 0 Å². The van der Waals surface area contributed by atoms with Gasteiger partial charge in [0.1, 0.15) is 13.2 Å². The molecule has 4 heteroatoms.